The number of urea groups is 1. The summed E-state index contributed by atoms with van der Waals surface area (Å²) < 4.78 is 12.1. The van der Waals surface area contributed by atoms with Crippen LogP contribution in [0.1, 0.15) is 25.5 Å². The lowest BCUT2D eigenvalue weighted by atomic mass is 9.77. The van der Waals surface area contributed by atoms with E-state index in [0.29, 0.717) is 16.5 Å². The Morgan fingerprint density at radius 1 is 1.28 bits per heavy atom. The first kappa shape index (κ1) is 21.3. The highest BCUT2D eigenvalue weighted by Crippen LogP contribution is 2.58. The van der Waals surface area contributed by atoms with Crippen LogP contribution >= 0.6 is 27.5 Å². The number of hydrogen-bond acceptors (Lipinski definition) is 5. The van der Waals surface area contributed by atoms with Gasteiger partial charge in [0.25, 0.3) is 5.91 Å². The first-order valence-electron chi connectivity index (χ1n) is 10.3. The molecule has 0 radical (unpaired) electrons. The summed E-state index contributed by atoms with van der Waals surface area (Å²) in [6, 6.07) is 11.1. The van der Waals surface area contributed by atoms with E-state index >= 15 is 0 Å². The molecule has 0 N–H and O–H groups in total. The van der Waals surface area contributed by atoms with E-state index in [0.717, 1.165) is 14.9 Å². The quantitative estimate of drug-likeness (QED) is 0.439. The summed E-state index contributed by atoms with van der Waals surface area (Å²) in [5.74, 6) is -1.66. The molecule has 3 aliphatic heterocycles. The van der Waals surface area contributed by atoms with Gasteiger partial charge in [0.1, 0.15) is 11.3 Å². The summed E-state index contributed by atoms with van der Waals surface area (Å²) in [5.41, 5.74) is -0.305. The average molecular weight is 520 g/mol. The number of esters is 1. The molecule has 0 aromatic heterocycles. The Morgan fingerprint density at radius 2 is 2.06 bits per heavy atom. The van der Waals surface area contributed by atoms with Gasteiger partial charge < -0.3 is 14.4 Å². The van der Waals surface area contributed by atoms with Crippen molar-refractivity contribution in [1.29, 1.82) is 0 Å². The Labute approximate surface area is 198 Å². The summed E-state index contributed by atoms with van der Waals surface area (Å²) >= 11 is 9.61. The van der Waals surface area contributed by atoms with Gasteiger partial charge in [-0.3, -0.25) is 9.59 Å². The highest BCUT2D eigenvalue weighted by molar-refractivity contribution is 9.10. The number of nitrogens with zero attached hydrogens (tertiary/aromatic N) is 2. The third-order valence-electron chi connectivity index (χ3n) is 6.58. The van der Waals surface area contributed by atoms with Crippen molar-refractivity contribution in [2.24, 2.45) is 11.8 Å². The minimum Gasteiger partial charge on any atom is -0.493 e. The van der Waals surface area contributed by atoms with Gasteiger partial charge in [0.15, 0.2) is 0 Å². The van der Waals surface area contributed by atoms with Gasteiger partial charge in [-0.2, -0.15) is 0 Å². The molecular weight excluding hydrogens is 500 g/mol. The first-order valence-corrected chi connectivity index (χ1v) is 11.5. The van der Waals surface area contributed by atoms with E-state index in [1.54, 1.807) is 38.1 Å². The van der Waals surface area contributed by atoms with E-state index in [4.69, 9.17) is 21.1 Å². The number of carbonyl (C=O) groups excluding carboxylic acids is 3. The average Bonchev–Trinajstić information content (AvgIpc) is 3.13. The van der Waals surface area contributed by atoms with Gasteiger partial charge in [0.05, 0.1) is 30.9 Å². The summed E-state index contributed by atoms with van der Waals surface area (Å²) in [6.45, 7) is 3.74. The van der Waals surface area contributed by atoms with Crippen molar-refractivity contribution in [2.75, 3.05) is 18.1 Å². The molecule has 2 fully saturated rings. The van der Waals surface area contributed by atoms with Crippen molar-refractivity contribution in [2.45, 2.75) is 25.4 Å². The monoisotopic (exact) mass is 518 g/mol. The van der Waals surface area contributed by atoms with Crippen LogP contribution in [0.3, 0.4) is 0 Å². The number of hydrogen-bond donors (Lipinski definition) is 0. The van der Waals surface area contributed by atoms with Gasteiger partial charge in [-0.25, -0.2) is 9.69 Å². The zero-order valence-corrected chi connectivity index (χ0v) is 19.7. The fourth-order valence-electron chi connectivity index (χ4n) is 5.31. The molecule has 32 heavy (non-hydrogen) atoms. The molecule has 0 saturated carbocycles. The van der Waals surface area contributed by atoms with Crippen molar-refractivity contribution in [1.82, 2.24) is 4.90 Å². The van der Waals surface area contributed by atoms with Crippen LogP contribution in [-0.4, -0.2) is 41.6 Å². The Bertz CT molecular complexity index is 1160. The van der Waals surface area contributed by atoms with Crippen LogP contribution in [0.2, 0.25) is 5.02 Å². The maximum atomic E-state index is 13.8. The zero-order chi connectivity index (χ0) is 22.8. The fraction of sp³-hybridized carbons (Fsp3) is 0.348. The lowest BCUT2D eigenvalue weighted by Gasteiger charge is -2.34. The maximum Gasteiger partial charge on any atom is 0.332 e. The van der Waals surface area contributed by atoms with E-state index in [2.05, 4.69) is 15.9 Å². The summed E-state index contributed by atoms with van der Waals surface area (Å²) in [5, 5.41) is 0.403. The second-order valence-corrected chi connectivity index (χ2v) is 9.60. The number of rotatable bonds is 3. The number of carbonyl (C=O) groups is 3. The van der Waals surface area contributed by atoms with E-state index < -0.39 is 41.3 Å². The van der Waals surface area contributed by atoms with E-state index in [1.807, 2.05) is 18.2 Å². The van der Waals surface area contributed by atoms with Crippen LogP contribution in [0.25, 0.3) is 0 Å². The van der Waals surface area contributed by atoms with Gasteiger partial charge in [-0.1, -0.05) is 33.6 Å². The molecule has 166 valence electrons. The normalized spacial score (nSPS) is 28.2. The summed E-state index contributed by atoms with van der Waals surface area (Å²) in [4.78, 5) is 43.4. The molecule has 3 amide bonds. The standard InChI is InChI=1S/C23H20BrClN2O5/c1-3-31-20(28)18-16-11-32-17-8-7-12(24)9-15(17)19(16)27-22(30)26(21(29)23(18,27)2)14-6-4-5-13(25)10-14/h4-10,16,18-19H,3,11H2,1-2H3/t16-,18+,19+,23-/m1/s1. The van der Waals surface area contributed by atoms with Crippen molar-refractivity contribution >= 4 is 51.1 Å². The molecule has 0 bridgehead atoms. The smallest absolute Gasteiger partial charge is 0.332 e. The Hall–Kier alpha value is -2.58. The van der Waals surface area contributed by atoms with Crippen molar-refractivity contribution in [3.63, 3.8) is 0 Å². The van der Waals surface area contributed by atoms with Gasteiger partial charge in [-0.05, 0) is 50.2 Å². The Morgan fingerprint density at radius 3 is 2.78 bits per heavy atom. The number of halogens is 2. The Kier molecular flexibility index (Phi) is 4.98. The minimum absolute atomic E-state index is 0.173. The van der Waals surface area contributed by atoms with Gasteiger partial charge in [0.2, 0.25) is 0 Å². The largest absolute Gasteiger partial charge is 0.493 e. The number of ether oxygens (including phenoxy) is 2. The summed E-state index contributed by atoms with van der Waals surface area (Å²) in [7, 11) is 0. The number of imide groups is 1. The molecule has 2 aromatic rings. The van der Waals surface area contributed by atoms with E-state index in [9.17, 15) is 14.4 Å². The minimum atomic E-state index is -1.42. The lowest BCUT2D eigenvalue weighted by molar-refractivity contribution is -0.154. The fourth-order valence-corrected chi connectivity index (χ4v) is 5.87. The topological polar surface area (TPSA) is 76.2 Å². The van der Waals surface area contributed by atoms with Crippen LogP contribution in [0.4, 0.5) is 10.5 Å². The second-order valence-electron chi connectivity index (χ2n) is 8.25. The van der Waals surface area contributed by atoms with Crippen LogP contribution in [-0.2, 0) is 14.3 Å². The summed E-state index contributed by atoms with van der Waals surface area (Å²) in [6.07, 6.45) is 0. The Balaban J connectivity index is 1.70. The lowest BCUT2D eigenvalue weighted by Crippen LogP contribution is -2.51. The molecule has 0 unspecified atom stereocenters. The molecule has 5 rings (SSSR count). The van der Waals surface area contributed by atoms with Gasteiger partial charge in [-0.15, -0.1) is 0 Å². The highest BCUT2D eigenvalue weighted by Gasteiger charge is 2.72. The molecule has 3 heterocycles. The predicted octanol–water partition coefficient (Wildman–Crippen LogP) is 4.57. The second kappa shape index (κ2) is 7.49. The molecule has 2 aromatic carbocycles. The molecule has 3 aliphatic rings. The molecule has 0 spiro atoms. The molecule has 2 saturated heterocycles. The predicted molar refractivity (Wildman–Crippen MR) is 121 cm³/mol. The van der Waals surface area contributed by atoms with Crippen LogP contribution in [0.5, 0.6) is 5.75 Å². The van der Waals surface area contributed by atoms with Gasteiger partial charge in [0, 0.05) is 21.0 Å². The number of benzene rings is 2. The highest BCUT2D eigenvalue weighted by atomic mass is 79.9. The van der Waals surface area contributed by atoms with Crippen LogP contribution < -0.4 is 9.64 Å². The number of fused-ring (bicyclic) bond motifs is 5. The number of amides is 3. The third-order valence-corrected chi connectivity index (χ3v) is 7.31. The molecule has 0 aliphatic carbocycles. The molecule has 7 nitrogen and oxygen atoms in total. The van der Waals surface area contributed by atoms with Crippen LogP contribution in [0.15, 0.2) is 46.9 Å². The molecule has 9 heteroatoms. The molecule has 4 atom stereocenters. The SMILES string of the molecule is CCOC(=O)[C@@H]1[C@H]2COc3ccc(Br)cc3[C@@H]2N2C(=O)N(c3cccc(Cl)c3)C(=O)[C@@]12C. The van der Waals surface area contributed by atoms with Gasteiger partial charge >= 0.3 is 12.0 Å². The van der Waals surface area contributed by atoms with Crippen molar-refractivity contribution in [3.8, 4) is 5.75 Å². The van der Waals surface area contributed by atoms with E-state index in [-0.39, 0.29) is 13.2 Å². The van der Waals surface area contributed by atoms with Crippen molar-refractivity contribution < 1.29 is 23.9 Å². The van der Waals surface area contributed by atoms with Crippen LogP contribution in [0, 0.1) is 11.8 Å². The zero-order valence-electron chi connectivity index (χ0n) is 17.4. The molecular formula is C23H20BrClN2O5. The first-order chi connectivity index (χ1) is 15.3. The number of anilines is 1. The van der Waals surface area contributed by atoms with Crippen molar-refractivity contribution in [3.05, 3.63) is 57.5 Å². The third kappa shape index (κ3) is 2.82. The maximum absolute atomic E-state index is 13.8. The van der Waals surface area contributed by atoms with E-state index in [1.165, 1.54) is 4.90 Å².